The third-order valence-electron chi connectivity index (χ3n) is 3.38. The molecule has 1 saturated heterocycles. The van der Waals surface area contributed by atoms with Crippen LogP contribution in [0, 0.1) is 0 Å². The highest BCUT2D eigenvalue weighted by Gasteiger charge is 2.20. The second kappa shape index (κ2) is 7.00. The highest BCUT2D eigenvalue weighted by Crippen LogP contribution is 2.24. The maximum atomic E-state index is 4.50. The summed E-state index contributed by atoms with van der Waals surface area (Å²) in [5, 5.41) is 3.44. The van der Waals surface area contributed by atoms with Gasteiger partial charge in [-0.25, -0.2) is 4.98 Å². The van der Waals surface area contributed by atoms with Gasteiger partial charge in [-0.3, -0.25) is 0 Å². The van der Waals surface area contributed by atoms with E-state index in [-0.39, 0.29) is 0 Å². The number of thioether (sulfide) groups is 1. The van der Waals surface area contributed by atoms with Crippen LogP contribution in [0.3, 0.4) is 0 Å². The monoisotopic (exact) mass is 265 g/mol. The smallest absolute Gasteiger partial charge is 0.128 e. The second-order valence-electron chi connectivity index (χ2n) is 4.83. The van der Waals surface area contributed by atoms with E-state index in [1.807, 2.05) is 18.0 Å². The van der Waals surface area contributed by atoms with Gasteiger partial charge in [0.2, 0.25) is 0 Å². The van der Waals surface area contributed by atoms with E-state index in [0.29, 0.717) is 6.04 Å². The maximum Gasteiger partial charge on any atom is 0.128 e. The Bertz CT molecular complexity index is 364. The van der Waals surface area contributed by atoms with E-state index >= 15 is 0 Å². The number of hydrogen-bond donors (Lipinski definition) is 1. The van der Waals surface area contributed by atoms with Crippen molar-refractivity contribution in [2.75, 3.05) is 30.0 Å². The molecule has 0 aliphatic carbocycles. The topological polar surface area (TPSA) is 28.2 Å². The Balaban J connectivity index is 1.97. The molecule has 0 saturated carbocycles. The van der Waals surface area contributed by atoms with Crippen LogP contribution in [0.1, 0.15) is 25.3 Å². The molecular formula is C14H23N3S. The van der Waals surface area contributed by atoms with Crippen molar-refractivity contribution in [2.24, 2.45) is 0 Å². The van der Waals surface area contributed by atoms with Crippen LogP contribution in [0.25, 0.3) is 0 Å². The first-order valence-corrected chi connectivity index (χ1v) is 7.93. The largest absolute Gasteiger partial charge is 0.356 e. The van der Waals surface area contributed by atoms with Crippen molar-refractivity contribution in [1.82, 2.24) is 10.3 Å². The van der Waals surface area contributed by atoms with E-state index < -0.39 is 0 Å². The van der Waals surface area contributed by atoms with Crippen molar-refractivity contribution >= 4 is 17.6 Å². The molecule has 0 spiro atoms. The summed E-state index contributed by atoms with van der Waals surface area (Å²) in [4.78, 5) is 6.84. The quantitative estimate of drug-likeness (QED) is 0.800. The summed E-state index contributed by atoms with van der Waals surface area (Å²) in [6.45, 7) is 4.21. The molecule has 2 heterocycles. The van der Waals surface area contributed by atoms with Crippen LogP contribution in [0.15, 0.2) is 18.3 Å². The zero-order chi connectivity index (χ0) is 12.8. The van der Waals surface area contributed by atoms with Gasteiger partial charge in [-0.05, 0) is 42.8 Å². The lowest BCUT2D eigenvalue weighted by atomic mass is 10.2. The Morgan fingerprint density at radius 2 is 2.44 bits per heavy atom. The highest BCUT2D eigenvalue weighted by atomic mass is 32.2. The molecular weight excluding hydrogens is 242 g/mol. The van der Waals surface area contributed by atoms with Crippen molar-refractivity contribution in [2.45, 2.75) is 32.4 Å². The van der Waals surface area contributed by atoms with Crippen LogP contribution in [-0.4, -0.2) is 36.1 Å². The Kier molecular flexibility index (Phi) is 5.32. The minimum Gasteiger partial charge on any atom is -0.356 e. The van der Waals surface area contributed by atoms with E-state index in [1.54, 1.807) is 0 Å². The normalized spacial score (nSPS) is 19.1. The third kappa shape index (κ3) is 3.62. The summed E-state index contributed by atoms with van der Waals surface area (Å²) in [7, 11) is 2.17. The van der Waals surface area contributed by atoms with Gasteiger partial charge in [-0.2, -0.15) is 11.8 Å². The molecule has 1 aliphatic rings. The molecule has 1 aliphatic heterocycles. The Morgan fingerprint density at radius 3 is 3.17 bits per heavy atom. The van der Waals surface area contributed by atoms with E-state index in [2.05, 4.69) is 41.3 Å². The predicted molar refractivity (Wildman–Crippen MR) is 80.4 cm³/mol. The van der Waals surface area contributed by atoms with Crippen LogP contribution in [-0.2, 0) is 6.54 Å². The molecule has 0 amide bonds. The van der Waals surface area contributed by atoms with Gasteiger partial charge < -0.3 is 10.2 Å². The van der Waals surface area contributed by atoms with Gasteiger partial charge in [0.15, 0.2) is 0 Å². The van der Waals surface area contributed by atoms with Gasteiger partial charge in [0.25, 0.3) is 0 Å². The molecule has 0 aromatic carbocycles. The van der Waals surface area contributed by atoms with Crippen molar-refractivity contribution in [3.63, 3.8) is 0 Å². The molecule has 1 unspecified atom stereocenters. The zero-order valence-electron chi connectivity index (χ0n) is 11.4. The second-order valence-corrected chi connectivity index (χ2v) is 5.98. The summed E-state index contributed by atoms with van der Waals surface area (Å²) in [5.41, 5.74) is 1.32. The third-order valence-corrected chi connectivity index (χ3v) is 4.53. The molecule has 1 N–H and O–H groups in total. The number of nitrogens with zero attached hydrogens (tertiary/aromatic N) is 2. The molecule has 2 rings (SSSR count). The first-order chi connectivity index (χ1) is 8.81. The van der Waals surface area contributed by atoms with Crippen LogP contribution in [0.5, 0.6) is 0 Å². The number of aromatic nitrogens is 1. The molecule has 4 heteroatoms. The SMILES string of the molecule is CCCNCc1ccnc(N(C)C2CCSC2)c1. The van der Waals surface area contributed by atoms with Gasteiger partial charge in [-0.15, -0.1) is 0 Å². The highest BCUT2D eigenvalue weighted by molar-refractivity contribution is 7.99. The minimum atomic E-state index is 0.654. The molecule has 1 aromatic rings. The average Bonchev–Trinajstić information content (AvgIpc) is 2.92. The van der Waals surface area contributed by atoms with E-state index in [4.69, 9.17) is 0 Å². The molecule has 0 bridgehead atoms. The Labute approximate surface area is 114 Å². The Morgan fingerprint density at radius 1 is 1.56 bits per heavy atom. The molecule has 1 atom stereocenters. The lowest BCUT2D eigenvalue weighted by Gasteiger charge is -2.25. The fourth-order valence-electron chi connectivity index (χ4n) is 2.19. The van der Waals surface area contributed by atoms with E-state index in [0.717, 1.165) is 18.9 Å². The number of pyridine rings is 1. The van der Waals surface area contributed by atoms with Crippen LogP contribution in [0.2, 0.25) is 0 Å². The lowest BCUT2D eigenvalue weighted by molar-refractivity contribution is 0.670. The molecule has 100 valence electrons. The molecule has 3 nitrogen and oxygen atoms in total. The van der Waals surface area contributed by atoms with Gasteiger partial charge in [0.1, 0.15) is 5.82 Å². The van der Waals surface area contributed by atoms with E-state index in [9.17, 15) is 0 Å². The van der Waals surface area contributed by atoms with Gasteiger partial charge >= 0.3 is 0 Å². The van der Waals surface area contributed by atoms with Crippen molar-refractivity contribution in [3.8, 4) is 0 Å². The van der Waals surface area contributed by atoms with Crippen LogP contribution in [0.4, 0.5) is 5.82 Å². The molecule has 0 radical (unpaired) electrons. The predicted octanol–water partition coefficient (Wildman–Crippen LogP) is 2.52. The summed E-state index contributed by atoms with van der Waals surface area (Å²) < 4.78 is 0. The standard InChI is InChI=1S/C14H23N3S/c1-3-6-15-10-12-4-7-16-14(9-12)17(2)13-5-8-18-11-13/h4,7,9,13,15H,3,5-6,8,10-11H2,1-2H3. The van der Waals surface area contributed by atoms with Crippen molar-refractivity contribution in [1.29, 1.82) is 0 Å². The summed E-state index contributed by atoms with van der Waals surface area (Å²) >= 11 is 2.04. The fourth-order valence-corrected chi connectivity index (χ4v) is 3.46. The first-order valence-electron chi connectivity index (χ1n) is 6.77. The summed E-state index contributed by atoms with van der Waals surface area (Å²) in [6, 6.07) is 4.97. The number of anilines is 1. The average molecular weight is 265 g/mol. The molecule has 18 heavy (non-hydrogen) atoms. The van der Waals surface area contributed by atoms with Gasteiger partial charge in [0, 0.05) is 31.6 Å². The summed E-state index contributed by atoms with van der Waals surface area (Å²) in [6.07, 6.45) is 4.38. The maximum absolute atomic E-state index is 4.50. The number of hydrogen-bond acceptors (Lipinski definition) is 4. The van der Waals surface area contributed by atoms with Crippen LogP contribution >= 0.6 is 11.8 Å². The number of nitrogens with one attached hydrogen (secondary N) is 1. The molecule has 1 aromatic heterocycles. The fraction of sp³-hybridized carbons (Fsp3) is 0.643. The summed E-state index contributed by atoms with van der Waals surface area (Å²) in [5.74, 6) is 3.63. The minimum absolute atomic E-state index is 0.654. The zero-order valence-corrected chi connectivity index (χ0v) is 12.2. The lowest BCUT2D eigenvalue weighted by Crippen LogP contribution is -2.32. The van der Waals surface area contributed by atoms with Gasteiger partial charge in [0.05, 0.1) is 0 Å². The van der Waals surface area contributed by atoms with Crippen molar-refractivity contribution < 1.29 is 0 Å². The Hall–Kier alpha value is -0.740. The molecule has 1 fully saturated rings. The van der Waals surface area contributed by atoms with Crippen molar-refractivity contribution in [3.05, 3.63) is 23.9 Å². The number of rotatable bonds is 6. The first kappa shape index (κ1) is 13.7. The van der Waals surface area contributed by atoms with Crippen LogP contribution < -0.4 is 10.2 Å². The van der Waals surface area contributed by atoms with Gasteiger partial charge in [-0.1, -0.05) is 6.92 Å². The van der Waals surface area contributed by atoms with E-state index in [1.165, 1.54) is 29.9 Å².